The van der Waals surface area contributed by atoms with E-state index in [0.29, 0.717) is 20.0 Å². The van der Waals surface area contributed by atoms with E-state index in [9.17, 15) is 4.79 Å². The van der Waals surface area contributed by atoms with Gasteiger partial charge in [-0.3, -0.25) is 10.1 Å². The number of rotatable bonds is 8. The standard InChI is InChI=1S/C11H24N2O3/c1-10(14)13(9-16-5)7-11(2,3)6-12-8-15-4/h12H,6-9H2,1-5H3. The number of nitrogens with one attached hydrogen (secondary N) is 1. The van der Waals surface area contributed by atoms with Crippen molar-refractivity contribution >= 4 is 5.91 Å². The number of ether oxygens (including phenoxy) is 2. The van der Waals surface area contributed by atoms with Crippen LogP contribution >= 0.6 is 0 Å². The van der Waals surface area contributed by atoms with Crippen molar-refractivity contribution in [2.24, 2.45) is 5.41 Å². The monoisotopic (exact) mass is 232 g/mol. The van der Waals surface area contributed by atoms with Crippen molar-refractivity contribution in [1.82, 2.24) is 10.2 Å². The maximum atomic E-state index is 11.3. The Labute approximate surface area is 98.1 Å². The average molecular weight is 232 g/mol. The first-order chi connectivity index (χ1) is 7.43. The van der Waals surface area contributed by atoms with Gasteiger partial charge in [-0.2, -0.15) is 0 Å². The SMILES string of the molecule is COCNCC(C)(C)CN(COC)C(C)=O. The molecule has 0 rings (SSSR count). The minimum atomic E-state index is -0.0112. The summed E-state index contributed by atoms with van der Waals surface area (Å²) in [7, 11) is 3.24. The molecule has 0 aromatic rings. The van der Waals surface area contributed by atoms with Gasteiger partial charge in [-0.05, 0) is 5.41 Å². The molecule has 0 heterocycles. The van der Waals surface area contributed by atoms with Gasteiger partial charge in [0.05, 0.1) is 6.73 Å². The summed E-state index contributed by atoms with van der Waals surface area (Å²) in [5.41, 5.74) is -0.0112. The highest BCUT2D eigenvalue weighted by Crippen LogP contribution is 2.15. The van der Waals surface area contributed by atoms with E-state index in [1.807, 2.05) is 0 Å². The molecule has 0 aliphatic heterocycles. The van der Waals surface area contributed by atoms with Crippen molar-refractivity contribution in [2.45, 2.75) is 20.8 Å². The van der Waals surface area contributed by atoms with Crippen molar-refractivity contribution in [3.05, 3.63) is 0 Å². The van der Waals surface area contributed by atoms with Crippen LogP contribution in [0.3, 0.4) is 0 Å². The molecule has 0 atom stereocenters. The van der Waals surface area contributed by atoms with Gasteiger partial charge >= 0.3 is 0 Å². The molecule has 16 heavy (non-hydrogen) atoms. The highest BCUT2D eigenvalue weighted by atomic mass is 16.5. The Morgan fingerprint density at radius 3 is 2.38 bits per heavy atom. The number of hydrogen-bond acceptors (Lipinski definition) is 4. The predicted molar refractivity (Wildman–Crippen MR) is 62.9 cm³/mol. The lowest BCUT2D eigenvalue weighted by Crippen LogP contribution is -2.43. The molecule has 0 spiro atoms. The molecule has 96 valence electrons. The molecule has 1 N–H and O–H groups in total. The van der Waals surface area contributed by atoms with Gasteiger partial charge < -0.3 is 14.4 Å². The third-order valence-corrected chi connectivity index (χ3v) is 2.20. The highest BCUT2D eigenvalue weighted by molar-refractivity contribution is 5.73. The number of nitrogens with zero attached hydrogens (tertiary/aromatic N) is 1. The summed E-state index contributed by atoms with van der Waals surface area (Å²) in [6.07, 6.45) is 0. The lowest BCUT2D eigenvalue weighted by atomic mass is 9.93. The van der Waals surface area contributed by atoms with Crippen LogP contribution in [0.1, 0.15) is 20.8 Å². The molecule has 0 bridgehead atoms. The number of hydrogen-bond donors (Lipinski definition) is 1. The van der Waals surface area contributed by atoms with Crippen molar-refractivity contribution < 1.29 is 14.3 Å². The van der Waals surface area contributed by atoms with E-state index in [4.69, 9.17) is 9.47 Å². The van der Waals surface area contributed by atoms with E-state index in [-0.39, 0.29) is 11.3 Å². The summed E-state index contributed by atoms with van der Waals surface area (Å²) in [6.45, 7) is 8.05. The van der Waals surface area contributed by atoms with Gasteiger partial charge in [-0.1, -0.05) is 13.8 Å². The number of carbonyl (C=O) groups excluding carboxylic acids is 1. The van der Waals surface area contributed by atoms with E-state index in [1.165, 1.54) is 0 Å². The third kappa shape index (κ3) is 6.76. The van der Waals surface area contributed by atoms with E-state index in [1.54, 1.807) is 26.0 Å². The van der Waals surface area contributed by atoms with E-state index in [2.05, 4.69) is 19.2 Å². The van der Waals surface area contributed by atoms with E-state index >= 15 is 0 Å². The van der Waals surface area contributed by atoms with Crippen molar-refractivity contribution in [1.29, 1.82) is 0 Å². The fourth-order valence-electron chi connectivity index (χ4n) is 1.47. The second kappa shape index (κ2) is 7.60. The third-order valence-electron chi connectivity index (χ3n) is 2.20. The molecule has 0 saturated carbocycles. The molecule has 0 radical (unpaired) electrons. The summed E-state index contributed by atoms with van der Waals surface area (Å²) in [5.74, 6) is 0.0293. The van der Waals surface area contributed by atoms with Crippen LogP contribution in [0, 0.1) is 5.41 Å². The highest BCUT2D eigenvalue weighted by Gasteiger charge is 2.22. The Kier molecular flexibility index (Phi) is 7.29. The molecule has 5 heteroatoms. The Bertz CT molecular complexity index is 207. The fourth-order valence-corrected chi connectivity index (χ4v) is 1.47. The molecule has 0 aromatic heterocycles. The average Bonchev–Trinajstić information content (AvgIpc) is 2.17. The topological polar surface area (TPSA) is 50.8 Å². The minimum Gasteiger partial charge on any atom is -0.370 e. The first-order valence-electron chi connectivity index (χ1n) is 5.37. The van der Waals surface area contributed by atoms with Crippen LogP contribution in [0.25, 0.3) is 0 Å². The number of methoxy groups -OCH3 is 2. The minimum absolute atomic E-state index is 0.0112. The van der Waals surface area contributed by atoms with Crippen LogP contribution in [0.5, 0.6) is 0 Å². The van der Waals surface area contributed by atoms with Gasteiger partial charge in [-0.25, -0.2) is 0 Å². The molecule has 0 saturated heterocycles. The summed E-state index contributed by atoms with van der Waals surface area (Å²) in [6, 6.07) is 0. The molecule has 0 fully saturated rings. The number of carbonyl (C=O) groups is 1. The van der Waals surface area contributed by atoms with Crippen molar-refractivity contribution in [3.63, 3.8) is 0 Å². The molecule has 5 nitrogen and oxygen atoms in total. The molecule has 0 aromatic carbocycles. The van der Waals surface area contributed by atoms with Crippen LogP contribution in [-0.2, 0) is 14.3 Å². The largest absolute Gasteiger partial charge is 0.370 e. The quantitative estimate of drug-likeness (QED) is 0.493. The summed E-state index contributed by atoms with van der Waals surface area (Å²) >= 11 is 0. The maximum absolute atomic E-state index is 11.3. The summed E-state index contributed by atoms with van der Waals surface area (Å²) < 4.78 is 9.92. The zero-order valence-electron chi connectivity index (χ0n) is 11.0. The molecule has 0 unspecified atom stereocenters. The second-order valence-corrected chi connectivity index (χ2v) is 4.66. The van der Waals surface area contributed by atoms with Gasteiger partial charge in [0.2, 0.25) is 5.91 Å². The lowest BCUT2D eigenvalue weighted by molar-refractivity contribution is -0.135. The van der Waals surface area contributed by atoms with E-state index < -0.39 is 0 Å². The molecule has 0 aliphatic rings. The van der Waals surface area contributed by atoms with Gasteiger partial charge in [-0.15, -0.1) is 0 Å². The number of amides is 1. The van der Waals surface area contributed by atoms with Crippen LogP contribution in [0.4, 0.5) is 0 Å². The van der Waals surface area contributed by atoms with Crippen LogP contribution in [0.2, 0.25) is 0 Å². The Morgan fingerprint density at radius 1 is 1.31 bits per heavy atom. The first-order valence-corrected chi connectivity index (χ1v) is 5.37. The summed E-state index contributed by atoms with van der Waals surface area (Å²) in [4.78, 5) is 13.0. The molecule has 1 amide bonds. The maximum Gasteiger partial charge on any atom is 0.221 e. The molecular formula is C11H24N2O3. The molecule has 0 aliphatic carbocycles. The van der Waals surface area contributed by atoms with E-state index in [0.717, 1.165) is 6.54 Å². The Morgan fingerprint density at radius 2 is 1.94 bits per heavy atom. The summed E-state index contributed by atoms with van der Waals surface area (Å²) in [5, 5.41) is 3.16. The zero-order chi connectivity index (χ0) is 12.6. The van der Waals surface area contributed by atoms with Crippen LogP contribution in [-0.4, -0.2) is 51.6 Å². The Hall–Kier alpha value is -0.650. The van der Waals surface area contributed by atoms with Crippen molar-refractivity contribution in [3.8, 4) is 0 Å². The first kappa shape index (κ1) is 15.3. The van der Waals surface area contributed by atoms with Crippen molar-refractivity contribution in [2.75, 3.05) is 40.8 Å². The Balaban J connectivity index is 4.12. The molecular weight excluding hydrogens is 208 g/mol. The van der Waals surface area contributed by atoms with Gasteiger partial charge in [0.25, 0.3) is 0 Å². The van der Waals surface area contributed by atoms with Crippen LogP contribution < -0.4 is 5.32 Å². The lowest BCUT2D eigenvalue weighted by Gasteiger charge is -2.31. The predicted octanol–water partition coefficient (Wildman–Crippen LogP) is 0.659. The smallest absolute Gasteiger partial charge is 0.221 e. The van der Waals surface area contributed by atoms with Gasteiger partial charge in [0.15, 0.2) is 0 Å². The normalized spacial score (nSPS) is 11.6. The second-order valence-electron chi connectivity index (χ2n) is 4.66. The van der Waals surface area contributed by atoms with Crippen LogP contribution in [0.15, 0.2) is 0 Å². The fraction of sp³-hybridized carbons (Fsp3) is 0.909. The van der Waals surface area contributed by atoms with Gasteiger partial charge in [0, 0.05) is 34.2 Å². The van der Waals surface area contributed by atoms with Gasteiger partial charge in [0.1, 0.15) is 6.73 Å². The zero-order valence-corrected chi connectivity index (χ0v) is 11.0.